The van der Waals surface area contributed by atoms with Gasteiger partial charge in [0.2, 0.25) is 0 Å². The molecule has 3 heteroatoms. The van der Waals surface area contributed by atoms with E-state index in [-0.39, 0.29) is 12.1 Å². The van der Waals surface area contributed by atoms with Gasteiger partial charge in [-0.05, 0) is 126 Å². The van der Waals surface area contributed by atoms with Crippen LogP contribution in [0.15, 0.2) is 207 Å². The minimum Gasteiger partial charge on any atom is -0.290 e. The molecular weight excluding hydrogens is 823 g/mol. The van der Waals surface area contributed by atoms with Gasteiger partial charge in [0.05, 0.1) is 23.5 Å². The fourth-order valence-electron chi connectivity index (χ4n) is 9.04. The van der Waals surface area contributed by atoms with Crippen LogP contribution in [0.2, 0.25) is 0 Å². The van der Waals surface area contributed by atoms with Gasteiger partial charge in [0.25, 0.3) is 0 Å². The molecule has 1 aromatic heterocycles. The first kappa shape index (κ1) is 46.6. The molecular formula is C65H59N3. The van der Waals surface area contributed by atoms with E-state index in [0.29, 0.717) is 5.82 Å². The summed E-state index contributed by atoms with van der Waals surface area (Å²) in [5.41, 5.74) is 16.3. The number of aryl methyl sites for hydroxylation is 1. The first-order chi connectivity index (χ1) is 33.2. The molecule has 68 heavy (non-hydrogen) atoms. The Labute approximate surface area is 403 Å². The molecule has 334 valence electrons. The summed E-state index contributed by atoms with van der Waals surface area (Å²) in [5.74, 6) is 7.43. The highest BCUT2D eigenvalue weighted by Crippen LogP contribution is 2.39. The molecule has 0 bridgehead atoms. The van der Waals surface area contributed by atoms with Crippen molar-refractivity contribution in [1.29, 1.82) is 0 Å². The zero-order chi connectivity index (χ0) is 47.6. The summed E-state index contributed by atoms with van der Waals surface area (Å²) in [6.07, 6.45) is 16.8. The van der Waals surface area contributed by atoms with Crippen LogP contribution in [0.25, 0.3) is 72.2 Å². The number of benzene rings is 7. The zero-order valence-electron chi connectivity index (χ0n) is 40.3. The predicted octanol–water partition coefficient (Wildman–Crippen LogP) is 17.0. The number of rotatable bonds is 14. The summed E-state index contributed by atoms with van der Waals surface area (Å²) in [5, 5.41) is 8.75. The lowest BCUT2D eigenvalue weighted by Crippen LogP contribution is -2.25. The number of allylic oxidation sites excluding steroid dienone is 10. The summed E-state index contributed by atoms with van der Waals surface area (Å²) in [4.78, 5) is 10.8. The molecule has 0 saturated heterocycles. The van der Waals surface area contributed by atoms with Crippen molar-refractivity contribution in [3.8, 4) is 45.7 Å². The average molecular weight is 882 g/mol. The van der Waals surface area contributed by atoms with Gasteiger partial charge in [-0.25, -0.2) is 9.97 Å². The minimum absolute atomic E-state index is 0.161. The van der Waals surface area contributed by atoms with Gasteiger partial charge in [0, 0.05) is 22.3 Å². The van der Waals surface area contributed by atoms with Crippen LogP contribution in [-0.2, 0) is 0 Å². The lowest BCUT2D eigenvalue weighted by atomic mass is 9.92. The van der Waals surface area contributed by atoms with Crippen LogP contribution in [0.4, 0.5) is 0 Å². The second kappa shape index (κ2) is 21.6. The smallest absolute Gasteiger partial charge is 0.160 e. The maximum Gasteiger partial charge on any atom is 0.160 e. The molecule has 2 atom stereocenters. The first-order valence-electron chi connectivity index (χ1n) is 23.5. The Hall–Kier alpha value is -7.90. The molecule has 7 aromatic carbocycles. The van der Waals surface area contributed by atoms with Gasteiger partial charge < -0.3 is 0 Å². The number of fused-ring (bicyclic) bond motifs is 3. The van der Waals surface area contributed by atoms with E-state index >= 15 is 0 Å². The Kier molecular flexibility index (Phi) is 14.8. The highest BCUT2D eigenvalue weighted by Gasteiger charge is 2.21. The number of nitrogens with zero attached hydrogens (tertiary/aromatic N) is 2. The maximum absolute atomic E-state index is 5.43. The third-order valence-electron chi connectivity index (χ3n) is 12.7. The summed E-state index contributed by atoms with van der Waals surface area (Å²) in [7, 11) is 0. The molecule has 0 aliphatic heterocycles. The fourth-order valence-corrected chi connectivity index (χ4v) is 9.04. The molecule has 1 N–H and O–H groups in total. The Morgan fingerprint density at radius 3 is 1.90 bits per heavy atom. The molecule has 8 aromatic rings. The van der Waals surface area contributed by atoms with E-state index < -0.39 is 0 Å². The standard InChI is InChI=1S/C65H59N3/c1-9-14-24-48(13-5)51-34-36-53(37-35-51)62(42-45(7)49-30-32-50(33-31-49)47(12-4)21-10-2)66-61(22-11-3)52-38-40-54(41-39-52)65-67-63(56-26-17-15-23-44(56)6)46(8)64(68-65)60-43-55-25-16-18-27-57(55)58-28-19-20-29-59(58)60/h9-10,12-21,23-43,61-62,66H,5H2,1-4,6-8H3/b14-9-,21-10-,45-42+,47-12+,48-24+. The van der Waals surface area contributed by atoms with Crippen molar-refractivity contribution in [1.82, 2.24) is 15.3 Å². The predicted molar refractivity (Wildman–Crippen MR) is 293 cm³/mol. The summed E-state index contributed by atoms with van der Waals surface area (Å²) in [6, 6.07) is 53.8. The molecule has 0 amide bonds. The minimum atomic E-state index is -0.275. The Morgan fingerprint density at radius 2 is 1.24 bits per heavy atom. The molecule has 1 heterocycles. The van der Waals surface area contributed by atoms with Crippen LogP contribution in [-0.4, -0.2) is 9.97 Å². The third-order valence-corrected chi connectivity index (χ3v) is 12.7. The first-order valence-corrected chi connectivity index (χ1v) is 23.5. The summed E-state index contributed by atoms with van der Waals surface area (Å²) in [6.45, 7) is 18.6. The van der Waals surface area contributed by atoms with E-state index in [4.69, 9.17) is 9.97 Å². The Bertz CT molecular complexity index is 3330. The molecule has 2 unspecified atom stereocenters. The number of nitrogens with one attached hydrogen (secondary N) is 1. The van der Waals surface area contributed by atoms with Crippen molar-refractivity contribution in [2.45, 2.75) is 60.5 Å². The maximum atomic E-state index is 5.43. The van der Waals surface area contributed by atoms with E-state index in [9.17, 15) is 0 Å². The van der Waals surface area contributed by atoms with Crippen molar-refractivity contribution in [3.63, 3.8) is 0 Å². The SMILES string of the molecule is C=C/C(=C\C=C/C)c1ccc(C(/C=C(\C)c2ccc(C(/C=C\C)=C/C)cc2)NC(C#CC)c2ccc(-c3nc(-c4ccccc4C)c(C)c(-c4cc5ccccc5c5ccccc45)n3)cc2)cc1. The molecule has 0 spiro atoms. The van der Waals surface area contributed by atoms with Crippen LogP contribution in [0.3, 0.4) is 0 Å². The quantitative estimate of drug-likeness (QED) is 0.0672. The van der Waals surface area contributed by atoms with Crippen LogP contribution in [0.5, 0.6) is 0 Å². The van der Waals surface area contributed by atoms with Crippen LogP contribution in [0.1, 0.15) is 85.6 Å². The monoisotopic (exact) mass is 881 g/mol. The molecule has 0 fully saturated rings. The zero-order valence-corrected chi connectivity index (χ0v) is 40.3. The second-order valence-electron chi connectivity index (χ2n) is 17.1. The molecule has 8 rings (SSSR count). The molecule has 0 radical (unpaired) electrons. The molecule has 0 saturated carbocycles. The van der Waals surface area contributed by atoms with Crippen molar-refractivity contribution in [2.24, 2.45) is 0 Å². The van der Waals surface area contributed by atoms with Gasteiger partial charge in [0.1, 0.15) is 0 Å². The van der Waals surface area contributed by atoms with Gasteiger partial charge in [-0.1, -0.05) is 207 Å². The van der Waals surface area contributed by atoms with E-state index in [1.807, 2.05) is 32.1 Å². The number of aromatic nitrogens is 2. The topological polar surface area (TPSA) is 37.8 Å². The van der Waals surface area contributed by atoms with E-state index in [0.717, 1.165) is 61.5 Å². The Balaban J connectivity index is 1.19. The van der Waals surface area contributed by atoms with Gasteiger partial charge in [-0.15, -0.1) is 5.92 Å². The lowest BCUT2D eigenvalue weighted by molar-refractivity contribution is 0.576. The van der Waals surface area contributed by atoms with Crippen LogP contribution in [0, 0.1) is 25.7 Å². The lowest BCUT2D eigenvalue weighted by Gasteiger charge is -2.23. The van der Waals surface area contributed by atoms with Crippen molar-refractivity contribution < 1.29 is 0 Å². The van der Waals surface area contributed by atoms with Gasteiger partial charge in [0.15, 0.2) is 5.82 Å². The van der Waals surface area contributed by atoms with Crippen LogP contribution < -0.4 is 5.32 Å². The number of hydrogen-bond donors (Lipinski definition) is 1. The molecule has 3 nitrogen and oxygen atoms in total. The van der Waals surface area contributed by atoms with Gasteiger partial charge in [-0.3, -0.25) is 5.32 Å². The molecule has 0 aliphatic rings. The second-order valence-corrected chi connectivity index (χ2v) is 17.1. The third kappa shape index (κ3) is 10.1. The summed E-state index contributed by atoms with van der Waals surface area (Å²) < 4.78 is 0. The van der Waals surface area contributed by atoms with Crippen molar-refractivity contribution in [3.05, 3.63) is 246 Å². The fraction of sp³-hybridized carbons (Fsp3) is 0.138. The van der Waals surface area contributed by atoms with E-state index in [2.05, 4.69) is 240 Å². The molecule has 0 aliphatic carbocycles. The highest BCUT2D eigenvalue weighted by atomic mass is 14.9. The highest BCUT2D eigenvalue weighted by molar-refractivity contribution is 6.13. The van der Waals surface area contributed by atoms with E-state index in [1.165, 1.54) is 43.8 Å². The van der Waals surface area contributed by atoms with E-state index in [1.54, 1.807) is 0 Å². The summed E-state index contributed by atoms with van der Waals surface area (Å²) >= 11 is 0. The van der Waals surface area contributed by atoms with Crippen LogP contribution >= 0.6 is 0 Å². The van der Waals surface area contributed by atoms with Gasteiger partial charge in [-0.2, -0.15) is 0 Å². The largest absolute Gasteiger partial charge is 0.290 e. The van der Waals surface area contributed by atoms with Crippen molar-refractivity contribution >= 4 is 38.3 Å². The number of hydrogen-bond acceptors (Lipinski definition) is 3. The average Bonchev–Trinajstić information content (AvgIpc) is 3.38. The van der Waals surface area contributed by atoms with Gasteiger partial charge >= 0.3 is 0 Å². The Morgan fingerprint density at radius 1 is 0.632 bits per heavy atom. The van der Waals surface area contributed by atoms with Crippen molar-refractivity contribution in [2.75, 3.05) is 0 Å². The normalized spacial score (nSPS) is 13.2.